The van der Waals surface area contributed by atoms with Crippen LogP contribution in [0, 0.1) is 6.92 Å². The molecular weight excluding hydrogens is 206 g/mol. The summed E-state index contributed by atoms with van der Waals surface area (Å²) in [4.78, 5) is 4.48. The van der Waals surface area contributed by atoms with Crippen LogP contribution < -0.4 is 10.1 Å². The summed E-state index contributed by atoms with van der Waals surface area (Å²) < 4.78 is 7.51. The van der Waals surface area contributed by atoms with Crippen molar-refractivity contribution in [2.75, 3.05) is 13.2 Å². The van der Waals surface area contributed by atoms with Gasteiger partial charge in [-0.3, -0.25) is 4.57 Å². The van der Waals surface area contributed by atoms with Gasteiger partial charge in [0.25, 0.3) is 6.01 Å². The molecule has 1 saturated heterocycles. The molecule has 2 N–H and O–H groups in total. The van der Waals surface area contributed by atoms with Gasteiger partial charge in [0.2, 0.25) is 0 Å². The molecule has 88 valence electrons. The number of aliphatic hydroxyl groups excluding tert-OH is 1. The van der Waals surface area contributed by atoms with Crippen molar-refractivity contribution >= 4 is 0 Å². The standard InChI is InChI=1S/C11H17N3O2/c1-7-9(10-8(15)3-2-4-12-10)13-11-14(7)5-6-16-11/h8,10,12,15H,2-6H2,1H3. The van der Waals surface area contributed by atoms with E-state index in [9.17, 15) is 5.11 Å². The number of hydrogen-bond donors (Lipinski definition) is 2. The second-order valence-electron chi connectivity index (χ2n) is 4.51. The third-order valence-electron chi connectivity index (χ3n) is 3.49. The Morgan fingerprint density at radius 3 is 3.19 bits per heavy atom. The van der Waals surface area contributed by atoms with Gasteiger partial charge >= 0.3 is 0 Å². The molecule has 0 bridgehead atoms. The Bertz CT molecular complexity index is 402. The normalized spacial score (nSPS) is 28.9. The van der Waals surface area contributed by atoms with Gasteiger partial charge in [0.15, 0.2) is 0 Å². The molecule has 2 atom stereocenters. The quantitative estimate of drug-likeness (QED) is 0.722. The molecule has 0 aromatic carbocycles. The summed E-state index contributed by atoms with van der Waals surface area (Å²) >= 11 is 0. The van der Waals surface area contributed by atoms with E-state index in [0.717, 1.165) is 37.3 Å². The first-order valence-electron chi connectivity index (χ1n) is 5.88. The fraction of sp³-hybridized carbons (Fsp3) is 0.727. The Kier molecular flexibility index (Phi) is 2.37. The molecule has 0 amide bonds. The minimum absolute atomic E-state index is 0.0320. The number of aliphatic hydroxyl groups is 1. The highest BCUT2D eigenvalue weighted by Gasteiger charge is 2.31. The van der Waals surface area contributed by atoms with Gasteiger partial charge in [-0.05, 0) is 26.3 Å². The van der Waals surface area contributed by atoms with Crippen LogP contribution in [0.4, 0.5) is 0 Å². The number of aromatic nitrogens is 2. The summed E-state index contributed by atoms with van der Waals surface area (Å²) in [5.74, 6) is 0. The fourth-order valence-electron chi connectivity index (χ4n) is 2.57. The van der Waals surface area contributed by atoms with Crippen LogP contribution in [0.5, 0.6) is 6.01 Å². The Morgan fingerprint density at radius 2 is 2.44 bits per heavy atom. The summed E-state index contributed by atoms with van der Waals surface area (Å²) in [6.45, 7) is 4.58. The summed E-state index contributed by atoms with van der Waals surface area (Å²) in [5.41, 5.74) is 2.06. The van der Waals surface area contributed by atoms with Crippen LogP contribution in [0.25, 0.3) is 0 Å². The zero-order chi connectivity index (χ0) is 11.1. The lowest BCUT2D eigenvalue weighted by Crippen LogP contribution is -2.38. The summed E-state index contributed by atoms with van der Waals surface area (Å²) in [6, 6.07) is 0.669. The van der Waals surface area contributed by atoms with Crippen molar-refractivity contribution < 1.29 is 9.84 Å². The maximum absolute atomic E-state index is 9.99. The molecule has 0 saturated carbocycles. The predicted molar refractivity (Wildman–Crippen MR) is 58.4 cm³/mol. The number of imidazole rings is 1. The molecule has 16 heavy (non-hydrogen) atoms. The van der Waals surface area contributed by atoms with E-state index in [1.54, 1.807) is 0 Å². The number of fused-ring (bicyclic) bond motifs is 1. The monoisotopic (exact) mass is 223 g/mol. The largest absolute Gasteiger partial charge is 0.463 e. The number of ether oxygens (including phenoxy) is 1. The zero-order valence-corrected chi connectivity index (χ0v) is 9.44. The molecular formula is C11H17N3O2. The van der Waals surface area contributed by atoms with Crippen LogP contribution >= 0.6 is 0 Å². The SMILES string of the molecule is Cc1c(C2NCCCC2O)nc2n1CCO2. The van der Waals surface area contributed by atoms with Gasteiger partial charge in [-0.15, -0.1) is 0 Å². The lowest BCUT2D eigenvalue weighted by Gasteiger charge is -2.28. The Hall–Kier alpha value is -1.07. The molecule has 0 spiro atoms. The second-order valence-corrected chi connectivity index (χ2v) is 4.51. The maximum atomic E-state index is 9.99. The van der Waals surface area contributed by atoms with Crippen molar-refractivity contribution in [2.24, 2.45) is 0 Å². The van der Waals surface area contributed by atoms with Gasteiger partial charge in [-0.2, -0.15) is 4.98 Å². The van der Waals surface area contributed by atoms with Crippen LogP contribution in [0.2, 0.25) is 0 Å². The highest BCUT2D eigenvalue weighted by atomic mass is 16.5. The van der Waals surface area contributed by atoms with Crippen LogP contribution in [0.3, 0.4) is 0 Å². The Labute approximate surface area is 94.4 Å². The molecule has 1 fully saturated rings. The minimum atomic E-state index is -0.330. The average molecular weight is 223 g/mol. The van der Waals surface area contributed by atoms with Gasteiger partial charge in [-0.25, -0.2) is 0 Å². The molecule has 2 aliphatic heterocycles. The van der Waals surface area contributed by atoms with E-state index >= 15 is 0 Å². The van der Waals surface area contributed by atoms with Crippen LogP contribution in [0.15, 0.2) is 0 Å². The van der Waals surface area contributed by atoms with E-state index in [1.807, 2.05) is 6.92 Å². The second kappa shape index (κ2) is 3.75. The molecule has 2 aliphatic rings. The molecule has 0 radical (unpaired) electrons. The maximum Gasteiger partial charge on any atom is 0.296 e. The topological polar surface area (TPSA) is 59.3 Å². The number of nitrogens with zero attached hydrogens (tertiary/aromatic N) is 2. The van der Waals surface area contributed by atoms with E-state index in [-0.39, 0.29) is 12.1 Å². The number of nitrogens with one attached hydrogen (secondary N) is 1. The lowest BCUT2D eigenvalue weighted by atomic mass is 9.98. The average Bonchev–Trinajstić information content (AvgIpc) is 2.83. The van der Waals surface area contributed by atoms with Gasteiger partial charge < -0.3 is 15.2 Å². The number of rotatable bonds is 1. The summed E-state index contributed by atoms with van der Waals surface area (Å²) in [6.07, 6.45) is 1.55. The van der Waals surface area contributed by atoms with Gasteiger partial charge in [0, 0.05) is 5.69 Å². The predicted octanol–water partition coefficient (Wildman–Crippen LogP) is 0.369. The van der Waals surface area contributed by atoms with Crippen LogP contribution in [-0.2, 0) is 6.54 Å². The van der Waals surface area contributed by atoms with E-state index in [1.165, 1.54) is 0 Å². The van der Waals surface area contributed by atoms with Gasteiger partial charge in [0.05, 0.1) is 24.4 Å². The van der Waals surface area contributed by atoms with E-state index in [0.29, 0.717) is 12.6 Å². The van der Waals surface area contributed by atoms with Crippen LogP contribution in [-0.4, -0.2) is 33.9 Å². The highest BCUT2D eigenvalue weighted by molar-refractivity contribution is 5.25. The van der Waals surface area contributed by atoms with Crippen LogP contribution in [0.1, 0.15) is 30.3 Å². The smallest absolute Gasteiger partial charge is 0.296 e. The zero-order valence-electron chi connectivity index (χ0n) is 9.44. The fourth-order valence-corrected chi connectivity index (χ4v) is 2.57. The van der Waals surface area contributed by atoms with Crippen molar-refractivity contribution in [3.63, 3.8) is 0 Å². The van der Waals surface area contributed by atoms with Gasteiger partial charge in [0.1, 0.15) is 6.61 Å². The first-order valence-corrected chi connectivity index (χ1v) is 5.88. The summed E-state index contributed by atoms with van der Waals surface area (Å²) in [7, 11) is 0. The third kappa shape index (κ3) is 1.43. The van der Waals surface area contributed by atoms with Crippen molar-refractivity contribution in [3.8, 4) is 6.01 Å². The molecule has 3 rings (SSSR count). The number of hydrogen-bond acceptors (Lipinski definition) is 4. The Morgan fingerprint density at radius 1 is 1.56 bits per heavy atom. The van der Waals surface area contributed by atoms with E-state index < -0.39 is 0 Å². The first kappa shape index (κ1) is 10.1. The van der Waals surface area contributed by atoms with Gasteiger partial charge in [-0.1, -0.05) is 0 Å². The summed E-state index contributed by atoms with van der Waals surface area (Å²) in [5, 5.41) is 13.3. The van der Waals surface area contributed by atoms with Crippen molar-refractivity contribution in [2.45, 2.75) is 38.5 Å². The third-order valence-corrected chi connectivity index (χ3v) is 3.49. The molecule has 1 aromatic heterocycles. The van der Waals surface area contributed by atoms with Crippen molar-refractivity contribution in [1.82, 2.24) is 14.9 Å². The van der Waals surface area contributed by atoms with Crippen molar-refractivity contribution in [3.05, 3.63) is 11.4 Å². The molecule has 2 unspecified atom stereocenters. The number of piperidine rings is 1. The minimum Gasteiger partial charge on any atom is -0.463 e. The lowest BCUT2D eigenvalue weighted by molar-refractivity contribution is 0.0943. The first-order chi connectivity index (χ1) is 7.77. The molecule has 5 heteroatoms. The Balaban J connectivity index is 1.94. The van der Waals surface area contributed by atoms with E-state index in [4.69, 9.17) is 4.74 Å². The highest BCUT2D eigenvalue weighted by Crippen LogP contribution is 2.30. The molecule has 0 aliphatic carbocycles. The molecule has 3 heterocycles. The molecule has 1 aromatic rings. The molecule has 5 nitrogen and oxygen atoms in total. The van der Waals surface area contributed by atoms with Crippen molar-refractivity contribution in [1.29, 1.82) is 0 Å². The van der Waals surface area contributed by atoms with E-state index in [2.05, 4.69) is 14.9 Å².